The van der Waals surface area contributed by atoms with Crippen LogP contribution in [0.2, 0.25) is 0 Å². The van der Waals surface area contributed by atoms with E-state index in [1.807, 2.05) is 31.2 Å². The summed E-state index contributed by atoms with van der Waals surface area (Å²) in [5.41, 5.74) is 3.63. The van der Waals surface area contributed by atoms with Gasteiger partial charge in [-0.05, 0) is 31.5 Å². The zero-order valence-electron chi connectivity index (χ0n) is 17.3. The lowest BCUT2D eigenvalue weighted by molar-refractivity contribution is 0.0730. The number of rotatable bonds is 5. The number of nitrogens with one attached hydrogen (secondary N) is 1. The van der Waals surface area contributed by atoms with Crippen molar-refractivity contribution < 1.29 is 22.5 Å². The first-order chi connectivity index (χ1) is 14.8. The Bertz CT molecular complexity index is 1200. The van der Waals surface area contributed by atoms with Crippen molar-refractivity contribution in [2.24, 2.45) is 0 Å². The number of benzene rings is 2. The molecule has 0 saturated carbocycles. The predicted molar refractivity (Wildman–Crippen MR) is 115 cm³/mol. The third-order valence-corrected chi connectivity index (χ3v) is 7.04. The minimum Gasteiger partial charge on any atom is -0.379 e. The number of aryl methyl sites for hydroxylation is 2. The lowest BCUT2D eigenvalue weighted by atomic mass is 10.1. The monoisotopic (exact) mass is 441 g/mol. The van der Waals surface area contributed by atoms with Gasteiger partial charge in [0.2, 0.25) is 15.8 Å². The van der Waals surface area contributed by atoms with Gasteiger partial charge in [0.15, 0.2) is 0 Å². The molecule has 2 aromatic carbocycles. The zero-order chi connectivity index (χ0) is 22.0. The third kappa shape index (κ3) is 4.53. The molecule has 31 heavy (non-hydrogen) atoms. The summed E-state index contributed by atoms with van der Waals surface area (Å²) >= 11 is 0. The number of ether oxygens (including phenoxy) is 1. The van der Waals surface area contributed by atoms with E-state index in [0.29, 0.717) is 37.7 Å². The van der Waals surface area contributed by atoms with Crippen LogP contribution in [0.4, 0.5) is 5.69 Å². The lowest BCUT2D eigenvalue weighted by Crippen LogP contribution is -2.40. The summed E-state index contributed by atoms with van der Waals surface area (Å²) in [4.78, 5) is 12.8. The van der Waals surface area contributed by atoms with Gasteiger partial charge in [-0.1, -0.05) is 41.1 Å². The molecule has 1 aliphatic heterocycles. The van der Waals surface area contributed by atoms with E-state index in [1.54, 1.807) is 25.1 Å². The van der Waals surface area contributed by atoms with Gasteiger partial charge >= 0.3 is 0 Å². The van der Waals surface area contributed by atoms with Gasteiger partial charge in [0.25, 0.3) is 5.91 Å². The van der Waals surface area contributed by atoms with Crippen molar-refractivity contribution in [2.75, 3.05) is 31.6 Å². The van der Waals surface area contributed by atoms with Crippen LogP contribution in [0.5, 0.6) is 0 Å². The summed E-state index contributed by atoms with van der Waals surface area (Å²) < 4.78 is 37.7. The number of amides is 1. The number of sulfonamides is 1. The lowest BCUT2D eigenvalue weighted by Gasteiger charge is -2.26. The molecular weight excluding hydrogens is 418 g/mol. The maximum absolute atomic E-state index is 12.9. The fourth-order valence-electron chi connectivity index (χ4n) is 3.26. The molecule has 0 bridgehead atoms. The Morgan fingerprint density at radius 3 is 2.45 bits per heavy atom. The number of carbonyl (C=O) groups is 1. The van der Waals surface area contributed by atoms with Crippen LogP contribution in [0.3, 0.4) is 0 Å². The first-order valence-corrected chi connectivity index (χ1v) is 11.3. The van der Waals surface area contributed by atoms with Crippen LogP contribution in [0.1, 0.15) is 21.7 Å². The molecule has 1 aromatic heterocycles. The molecule has 1 saturated heterocycles. The van der Waals surface area contributed by atoms with Gasteiger partial charge in [-0.15, -0.1) is 0 Å². The van der Waals surface area contributed by atoms with Crippen molar-refractivity contribution in [3.63, 3.8) is 0 Å². The second-order valence-electron chi connectivity index (χ2n) is 7.39. The van der Waals surface area contributed by atoms with E-state index in [9.17, 15) is 13.2 Å². The fraction of sp³-hybridized carbons (Fsp3) is 0.273. The molecule has 4 rings (SSSR count). The highest BCUT2D eigenvalue weighted by Crippen LogP contribution is 2.25. The molecule has 1 fully saturated rings. The number of anilines is 1. The SMILES string of the molecule is Cc1ccc(-c2cc(C(=O)Nc3cc(S(=O)(=O)N4CCOCC4)ccc3C)on2)cc1. The molecule has 162 valence electrons. The summed E-state index contributed by atoms with van der Waals surface area (Å²) in [5, 5.41) is 6.70. The molecule has 0 unspecified atom stereocenters. The first kappa shape index (κ1) is 21.2. The first-order valence-electron chi connectivity index (χ1n) is 9.88. The van der Waals surface area contributed by atoms with E-state index in [2.05, 4.69) is 10.5 Å². The molecule has 0 atom stereocenters. The minimum atomic E-state index is -3.67. The maximum atomic E-state index is 12.9. The van der Waals surface area contributed by atoms with Crippen LogP contribution < -0.4 is 5.32 Å². The van der Waals surface area contributed by atoms with E-state index in [1.165, 1.54) is 10.4 Å². The van der Waals surface area contributed by atoms with Crippen LogP contribution in [0, 0.1) is 13.8 Å². The third-order valence-electron chi connectivity index (χ3n) is 5.15. The second-order valence-corrected chi connectivity index (χ2v) is 9.33. The Kier molecular flexibility index (Phi) is 5.90. The van der Waals surface area contributed by atoms with E-state index in [0.717, 1.165) is 16.7 Å². The van der Waals surface area contributed by atoms with Gasteiger partial charge in [0.1, 0.15) is 5.69 Å². The molecule has 1 N–H and O–H groups in total. The number of nitrogens with zero attached hydrogens (tertiary/aromatic N) is 2. The molecule has 3 aromatic rings. The van der Waals surface area contributed by atoms with Crippen molar-refractivity contribution in [3.05, 3.63) is 65.4 Å². The normalized spacial score (nSPS) is 15.0. The molecule has 9 heteroatoms. The van der Waals surface area contributed by atoms with E-state index >= 15 is 0 Å². The van der Waals surface area contributed by atoms with Crippen molar-refractivity contribution in [1.82, 2.24) is 9.46 Å². The predicted octanol–water partition coefficient (Wildman–Crippen LogP) is 3.23. The topological polar surface area (TPSA) is 102 Å². The molecule has 8 nitrogen and oxygen atoms in total. The van der Waals surface area contributed by atoms with Crippen LogP contribution >= 0.6 is 0 Å². The zero-order valence-corrected chi connectivity index (χ0v) is 18.1. The number of hydrogen-bond donors (Lipinski definition) is 1. The Hall–Kier alpha value is -3.01. The van der Waals surface area contributed by atoms with Crippen LogP contribution in [-0.4, -0.2) is 50.1 Å². The molecule has 0 radical (unpaired) electrons. The van der Waals surface area contributed by atoms with Crippen molar-refractivity contribution in [1.29, 1.82) is 0 Å². The minimum absolute atomic E-state index is 0.0383. The number of hydrogen-bond acceptors (Lipinski definition) is 6. The highest BCUT2D eigenvalue weighted by atomic mass is 32.2. The largest absolute Gasteiger partial charge is 0.379 e. The van der Waals surface area contributed by atoms with Crippen LogP contribution in [0.15, 0.2) is 57.9 Å². The van der Waals surface area contributed by atoms with Crippen molar-refractivity contribution in [3.8, 4) is 11.3 Å². The Balaban J connectivity index is 1.55. The highest BCUT2D eigenvalue weighted by molar-refractivity contribution is 7.89. The molecule has 1 amide bonds. The van der Waals surface area contributed by atoms with Gasteiger partial charge in [-0.3, -0.25) is 4.79 Å². The van der Waals surface area contributed by atoms with Gasteiger partial charge in [-0.25, -0.2) is 8.42 Å². The van der Waals surface area contributed by atoms with Gasteiger partial charge in [0.05, 0.1) is 18.1 Å². The average Bonchev–Trinajstić information content (AvgIpc) is 3.27. The summed E-state index contributed by atoms with van der Waals surface area (Å²) in [6.07, 6.45) is 0. The Labute approximate surface area is 180 Å². The van der Waals surface area contributed by atoms with E-state index < -0.39 is 15.9 Å². The van der Waals surface area contributed by atoms with Gasteiger partial charge in [0, 0.05) is 30.4 Å². The maximum Gasteiger partial charge on any atom is 0.294 e. The highest BCUT2D eigenvalue weighted by Gasteiger charge is 2.27. The summed E-state index contributed by atoms with van der Waals surface area (Å²) in [6.45, 7) is 5.11. The molecule has 0 aliphatic carbocycles. The van der Waals surface area contributed by atoms with Gasteiger partial charge < -0.3 is 14.6 Å². The quantitative estimate of drug-likeness (QED) is 0.652. The molecule has 1 aliphatic rings. The van der Waals surface area contributed by atoms with Gasteiger partial charge in [-0.2, -0.15) is 4.31 Å². The van der Waals surface area contributed by atoms with Crippen LogP contribution in [0.25, 0.3) is 11.3 Å². The fourth-order valence-corrected chi connectivity index (χ4v) is 4.69. The standard InChI is InChI=1S/C22H23N3O5S/c1-15-3-6-17(7-4-15)20-14-21(30-24-20)22(26)23-19-13-18(8-5-16(19)2)31(27,28)25-9-11-29-12-10-25/h3-8,13-14H,9-12H2,1-2H3,(H,23,26). The molecule has 2 heterocycles. The summed E-state index contributed by atoms with van der Waals surface area (Å²) in [6, 6.07) is 13.9. The summed E-state index contributed by atoms with van der Waals surface area (Å²) in [5.74, 6) is -0.466. The number of carbonyl (C=O) groups excluding carboxylic acids is 1. The van der Waals surface area contributed by atoms with Crippen molar-refractivity contribution in [2.45, 2.75) is 18.7 Å². The molecular formula is C22H23N3O5S. The smallest absolute Gasteiger partial charge is 0.294 e. The molecule has 0 spiro atoms. The Morgan fingerprint density at radius 1 is 1.03 bits per heavy atom. The van der Waals surface area contributed by atoms with E-state index in [-0.39, 0.29) is 10.7 Å². The van der Waals surface area contributed by atoms with Crippen LogP contribution in [-0.2, 0) is 14.8 Å². The number of aromatic nitrogens is 1. The van der Waals surface area contributed by atoms with Crippen molar-refractivity contribution >= 4 is 21.6 Å². The average molecular weight is 442 g/mol. The van der Waals surface area contributed by atoms with E-state index in [4.69, 9.17) is 9.26 Å². The number of morpholine rings is 1. The summed E-state index contributed by atoms with van der Waals surface area (Å²) in [7, 11) is -3.67. The Morgan fingerprint density at radius 2 is 1.74 bits per heavy atom. The second kappa shape index (κ2) is 8.62.